The Morgan fingerprint density at radius 1 is 1.09 bits per heavy atom. The normalized spacial score (nSPS) is 21.7. The van der Waals surface area contributed by atoms with Crippen molar-refractivity contribution in [1.82, 2.24) is 4.98 Å². The molecule has 7 heteroatoms. The Hall–Kier alpha value is -1.43. The van der Waals surface area contributed by atoms with Crippen LogP contribution in [0.25, 0.3) is 0 Å². The first kappa shape index (κ1) is 16.4. The van der Waals surface area contributed by atoms with Crippen molar-refractivity contribution in [3.63, 3.8) is 0 Å². The number of carbonyl (C=O) groups is 1. The molecule has 4 nitrogen and oxygen atoms in total. The lowest BCUT2D eigenvalue weighted by molar-refractivity contribution is 0.0979. The van der Waals surface area contributed by atoms with Crippen molar-refractivity contribution in [3.8, 4) is 0 Å². The van der Waals surface area contributed by atoms with Crippen LogP contribution in [0, 0.1) is 0 Å². The van der Waals surface area contributed by atoms with Gasteiger partial charge in [0.2, 0.25) is 0 Å². The van der Waals surface area contributed by atoms with Crippen molar-refractivity contribution in [3.05, 3.63) is 63.4 Å². The van der Waals surface area contributed by atoms with Crippen LogP contribution in [0.1, 0.15) is 40.7 Å². The molecule has 0 saturated heterocycles. The highest BCUT2D eigenvalue weighted by Gasteiger charge is 2.54. The summed E-state index contributed by atoms with van der Waals surface area (Å²) < 4.78 is 24.9. The van der Waals surface area contributed by atoms with Crippen LogP contribution in [-0.2, 0) is 14.6 Å². The maximum atomic E-state index is 13.1. The zero-order valence-corrected chi connectivity index (χ0v) is 14.7. The number of nitrogens with zero attached hydrogens (tertiary/aromatic N) is 1. The van der Waals surface area contributed by atoms with E-state index in [0.717, 1.165) is 0 Å². The fourth-order valence-corrected chi connectivity index (χ4v) is 5.58. The number of hydrogen-bond donors (Lipinski definition) is 0. The largest absolute Gasteiger partial charge is 0.292 e. The van der Waals surface area contributed by atoms with Gasteiger partial charge in [-0.2, -0.15) is 0 Å². The summed E-state index contributed by atoms with van der Waals surface area (Å²) in [7, 11) is -3.94. The van der Waals surface area contributed by atoms with Gasteiger partial charge in [-0.05, 0) is 38.1 Å². The molecular formula is C16H13Cl2NO3S. The Morgan fingerprint density at radius 3 is 2.30 bits per heavy atom. The van der Waals surface area contributed by atoms with Gasteiger partial charge in [-0.1, -0.05) is 29.3 Å². The van der Waals surface area contributed by atoms with Crippen LogP contribution in [-0.4, -0.2) is 19.2 Å². The van der Waals surface area contributed by atoms with Crippen molar-refractivity contribution >= 4 is 38.8 Å². The Kier molecular flexibility index (Phi) is 3.78. The van der Waals surface area contributed by atoms with Crippen molar-refractivity contribution < 1.29 is 13.2 Å². The molecule has 0 radical (unpaired) electrons. The van der Waals surface area contributed by atoms with E-state index in [4.69, 9.17) is 23.2 Å². The molecule has 0 bridgehead atoms. The van der Waals surface area contributed by atoms with Gasteiger partial charge in [-0.25, -0.2) is 8.42 Å². The average molecular weight is 370 g/mol. The monoisotopic (exact) mass is 369 g/mol. The topological polar surface area (TPSA) is 64.1 Å². The van der Waals surface area contributed by atoms with Gasteiger partial charge in [0.15, 0.2) is 20.9 Å². The molecule has 0 saturated carbocycles. The molecule has 1 aliphatic rings. The average Bonchev–Trinajstić information content (AvgIpc) is 2.49. The number of ketones is 1. The first-order valence-corrected chi connectivity index (χ1v) is 9.17. The van der Waals surface area contributed by atoms with Gasteiger partial charge in [0.1, 0.15) is 4.75 Å². The zero-order valence-electron chi connectivity index (χ0n) is 12.4. The molecule has 120 valence electrons. The van der Waals surface area contributed by atoms with Crippen LogP contribution in [0.2, 0.25) is 10.0 Å². The number of sulfone groups is 1. The summed E-state index contributed by atoms with van der Waals surface area (Å²) in [5, 5.41) is -1.12. The maximum Gasteiger partial charge on any atom is 0.187 e. The number of aromatic nitrogens is 1. The Bertz CT molecular complexity index is 902. The minimum absolute atomic E-state index is 0.128. The molecule has 1 aliphatic heterocycles. The lowest BCUT2D eigenvalue weighted by Gasteiger charge is -2.35. The smallest absolute Gasteiger partial charge is 0.187 e. The third kappa shape index (κ3) is 2.22. The van der Waals surface area contributed by atoms with E-state index in [2.05, 4.69) is 4.98 Å². The summed E-state index contributed by atoms with van der Waals surface area (Å²) in [6, 6.07) is 7.85. The number of carbonyl (C=O) groups excluding carboxylic acids is 1. The molecule has 0 aliphatic carbocycles. The van der Waals surface area contributed by atoms with Crippen LogP contribution in [0.5, 0.6) is 0 Å². The predicted molar refractivity (Wildman–Crippen MR) is 89.7 cm³/mol. The third-order valence-corrected chi connectivity index (χ3v) is 7.51. The quantitative estimate of drug-likeness (QED) is 0.762. The van der Waals surface area contributed by atoms with Gasteiger partial charge in [-0.15, -0.1) is 0 Å². The Labute approximate surface area is 144 Å². The van der Waals surface area contributed by atoms with Gasteiger partial charge in [0.25, 0.3) is 0 Å². The second-order valence-electron chi connectivity index (χ2n) is 5.83. The predicted octanol–water partition coefficient (Wildman–Crippen LogP) is 3.98. The van der Waals surface area contributed by atoms with Crippen LogP contribution >= 0.6 is 23.2 Å². The van der Waals surface area contributed by atoms with Crippen LogP contribution < -0.4 is 0 Å². The van der Waals surface area contributed by atoms with E-state index in [1.807, 2.05) is 0 Å². The van der Waals surface area contributed by atoms with E-state index in [0.29, 0.717) is 0 Å². The van der Waals surface area contributed by atoms with Gasteiger partial charge in [0, 0.05) is 27.4 Å². The van der Waals surface area contributed by atoms with Crippen LogP contribution in [0.3, 0.4) is 0 Å². The molecule has 0 amide bonds. The fraction of sp³-hybridized carbons (Fsp3) is 0.250. The molecule has 23 heavy (non-hydrogen) atoms. The number of benzene rings is 1. The SMILES string of the molecule is CC1(C)c2ncccc2C(=O)C(c2c(Cl)cccc2Cl)S1(=O)=O. The van der Waals surface area contributed by atoms with E-state index < -0.39 is 25.6 Å². The van der Waals surface area contributed by atoms with Gasteiger partial charge < -0.3 is 0 Å². The van der Waals surface area contributed by atoms with Crippen LogP contribution in [0.4, 0.5) is 0 Å². The number of hydrogen-bond acceptors (Lipinski definition) is 4. The molecular weight excluding hydrogens is 357 g/mol. The second-order valence-corrected chi connectivity index (χ2v) is 9.23. The third-order valence-electron chi connectivity index (χ3n) is 4.17. The molecule has 1 aromatic heterocycles. The number of fused-ring (bicyclic) bond motifs is 1. The van der Waals surface area contributed by atoms with Crippen molar-refractivity contribution in [2.45, 2.75) is 23.8 Å². The minimum Gasteiger partial charge on any atom is -0.292 e. The first-order chi connectivity index (χ1) is 10.7. The summed E-state index contributed by atoms with van der Waals surface area (Å²) in [5.74, 6) is -0.553. The van der Waals surface area contributed by atoms with Crippen LogP contribution in [0.15, 0.2) is 36.5 Å². The standard InChI is InChI=1S/C16H13Cl2NO3S/c1-16(2)15-9(5-4-8-19-15)13(20)14(23(16,21)22)12-10(17)6-3-7-11(12)18/h3-8,14H,1-2H3. The molecule has 1 atom stereocenters. The summed E-state index contributed by atoms with van der Waals surface area (Å²) in [5.41, 5.74) is 0.668. The van der Waals surface area contributed by atoms with Crippen molar-refractivity contribution in [2.24, 2.45) is 0 Å². The lowest BCUT2D eigenvalue weighted by atomic mass is 9.94. The Balaban J connectivity index is 2.38. The van der Waals surface area contributed by atoms with E-state index in [1.54, 1.807) is 32.0 Å². The Morgan fingerprint density at radius 2 is 1.70 bits per heavy atom. The van der Waals surface area contributed by atoms with E-state index in [9.17, 15) is 13.2 Å². The number of rotatable bonds is 1. The summed E-state index contributed by atoms with van der Waals surface area (Å²) in [4.78, 5) is 17.0. The van der Waals surface area contributed by atoms with Gasteiger partial charge in [0.05, 0.1) is 5.69 Å². The number of Topliss-reactive ketones (excluding diaryl/α,β-unsaturated/α-hetero) is 1. The molecule has 1 unspecified atom stereocenters. The zero-order chi connectivity index (χ0) is 17.0. The number of pyridine rings is 1. The molecule has 1 aromatic carbocycles. The van der Waals surface area contributed by atoms with Crippen molar-refractivity contribution in [1.29, 1.82) is 0 Å². The highest BCUT2D eigenvalue weighted by Crippen LogP contribution is 2.48. The number of halogens is 2. The second kappa shape index (κ2) is 5.30. The van der Waals surface area contributed by atoms with E-state index >= 15 is 0 Å². The summed E-state index contributed by atoms with van der Waals surface area (Å²) in [6.07, 6.45) is 1.48. The lowest BCUT2D eigenvalue weighted by Crippen LogP contribution is -2.43. The molecule has 0 spiro atoms. The van der Waals surface area contributed by atoms with Gasteiger partial charge in [-0.3, -0.25) is 9.78 Å². The summed E-state index contributed by atoms with van der Waals surface area (Å²) >= 11 is 12.3. The maximum absolute atomic E-state index is 13.1. The molecule has 0 N–H and O–H groups in total. The summed E-state index contributed by atoms with van der Waals surface area (Å²) in [6.45, 7) is 3.08. The molecule has 0 fully saturated rings. The minimum atomic E-state index is -3.94. The molecule has 2 heterocycles. The molecule has 3 rings (SSSR count). The molecule has 2 aromatic rings. The first-order valence-electron chi connectivity index (χ1n) is 6.86. The fourth-order valence-electron chi connectivity index (χ4n) is 2.84. The highest BCUT2D eigenvalue weighted by molar-refractivity contribution is 7.93. The van der Waals surface area contributed by atoms with E-state index in [1.165, 1.54) is 18.3 Å². The van der Waals surface area contributed by atoms with Crippen molar-refractivity contribution in [2.75, 3.05) is 0 Å². The highest BCUT2D eigenvalue weighted by atomic mass is 35.5. The van der Waals surface area contributed by atoms with E-state index in [-0.39, 0.29) is 26.9 Å². The van der Waals surface area contributed by atoms with Gasteiger partial charge >= 0.3 is 0 Å².